The van der Waals surface area contributed by atoms with Crippen LogP contribution in [0.15, 0.2) is 35.2 Å². The summed E-state index contributed by atoms with van der Waals surface area (Å²) in [5, 5.41) is 1.41. The fourth-order valence-corrected chi connectivity index (χ4v) is 4.11. The van der Waals surface area contributed by atoms with Gasteiger partial charge in [-0.3, -0.25) is 0 Å². The molecule has 0 aliphatic heterocycles. The van der Waals surface area contributed by atoms with Crippen LogP contribution in [-0.4, -0.2) is 13.0 Å². The topological polar surface area (TPSA) is 57.2 Å². The largest absolute Gasteiger partial charge is 1.00 e. The number of rotatable bonds is 9. The van der Waals surface area contributed by atoms with Gasteiger partial charge in [0.05, 0.1) is 4.90 Å². The van der Waals surface area contributed by atoms with Crippen LogP contribution in [0.25, 0.3) is 10.8 Å². The van der Waals surface area contributed by atoms with E-state index in [4.69, 9.17) is 0 Å². The predicted molar refractivity (Wildman–Crippen MR) is 98.4 cm³/mol. The quantitative estimate of drug-likeness (QED) is 0.386. The summed E-state index contributed by atoms with van der Waals surface area (Å²) in [5.41, 5.74) is 1.77. The zero-order valence-electron chi connectivity index (χ0n) is 15.7. The maximum absolute atomic E-state index is 11.9. The first-order chi connectivity index (χ1) is 11.5. The molecular weight excluding hydrogens is 343 g/mol. The second kappa shape index (κ2) is 10.7. The molecule has 0 bridgehead atoms. The van der Waals surface area contributed by atoms with Crippen LogP contribution in [0.1, 0.15) is 63.5 Å². The molecule has 0 atom stereocenters. The second-order valence-electron chi connectivity index (χ2n) is 6.48. The molecule has 0 unspecified atom stereocenters. The van der Waals surface area contributed by atoms with Crippen LogP contribution in [0.4, 0.5) is 0 Å². The van der Waals surface area contributed by atoms with Crippen molar-refractivity contribution < 1.29 is 42.5 Å². The van der Waals surface area contributed by atoms with Crippen LogP contribution in [-0.2, 0) is 23.0 Å². The van der Waals surface area contributed by atoms with Crippen LogP contribution in [0.5, 0.6) is 0 Å². The Kier molecular flexibility index (Phi) is 9.68. The third-order valence-electron chi connectivity index (χ3n) is 4.49. The zero-order chi connectivity index (χ0) is 17.6. The monoisotopic (exact) mass is 370 g/mol. The number of benzene rings is 2. The number of unbranched alkanes of at least 4 members (excludes halogenated alkanes) is 4. The summed E-state index contributed by atoms with van der Waals surface area (Å²) < 4.78 is 35.7. The summed E-state index contributed by atoms with van der Waals surface area (Å²) in [6.45, 7) is 4.26. The Balaban J connectivity index is 0.00000312. The average Bonchev–Trinajstić information content (AvgIpc) is 2.53. The molecule has 5 heteroatoms. The molecule has 0 N–H and O–H groups in total. The van der Waals surface area contributed by atoms with E-state index in [2.05, 4.69) is 13.8 Å². The first kappa shape index (κ1) is 22.7. The maximum atomic E-state index is 11.9. The molecule has 3 nitrogen and oxygen atoms in total. The third-order valence-corrected chi connectivity index (χ3v) is 5.47. The van der Waals surface area contributed by atoms with Gasteiger partial charge in [-0.25, -0.2) is 8.42 Å². The molecule has 0 fully saturated rings. The molecule has 0 radical (unpaired) electrons. The molecule has 0 aromatic heterocycles. The fraction of sp³-hybridized carbons (Fsp3) is 0.500. The normalized spacial score (nSPS) is 11.5. The van der Waals surface area contributed by atoms with Gasteiger partial charge in [0.15, 0.2) is 0 Å². The molecule has 0 heterocycles. The van der Waals surface area contributed by atoms with E-state index in [0.717, 1.165) is 55.9 Å². The number of hydrogen-bond donors (Lipinski definition) is 0. The van der Waals surface area contributed by atoms with Gasteiger partial charge >= 0.3 is 29.6 Å². The molecule has 2 aromatic rings. The maximum Gasteiger partial charge on any atom is 1.00 e. The van der Waals surface area contributed by atoms with Crippen LogP contribution >= 0.6 is 0 Å². The standard InChI is InChI=1S/C20H28O3S.Na/c1-3-5-7-9-16-11-12-17-13-14-18(10-8-6-4-2)20(19(17)15-16)24(21,22)23;/h11-15H,3-10H2,1-2H3,(H,21,22,23);/q;+1/p-1. The molecule has 0 aliphatic rings. The Bertz CT molecular complexity index is 780. The Morgan fingerprint density at radius 2 is 1.48 bits per heavy atom. The van der Waals surface area contributed by atoms with Crippen LogP contribution < -0.4 is 29.6 Å². The Morgan fingerprint density at radius 1 is 0.880 bits per heavy atom. The Morgan fingerprint density at radius 3 is 2.08 bits per heavy atom. The van der Waals surface area contributed by atoms with Gasteiger partial charge in [-0.05, 0) is 53.6 Å². The van der Waals surface area contributed by atoms with E-state index >= 15 is 0 Å². The number of hydrogen-bond acceptors (Lipinski definition) is 3. The molecule has 0 spiro atoms. The molecule has 0 amide bonds. The average molecular weight is 370 g/mol. The van der Waals surface area contributed by atoms with Gasteiger partial charge in [-0.2, -0.15) is 0 Å². The summed E-state index contributed by atoms with van der Waals surface area (Å²) >= 11 is 0. The van der Waals surface area contributed by atoms with Gasteiger partial charge in [-0.15, -0.1) is 0 Å². The summed E-state index contributed by atoms with van der Waals surface area (Å²) in [5.74, 6) is 0. The first-order valence-electron chi connectivity index (χ1n) is 8.97. The van der Waals surface area contributed by atoms with Crippen molar-refractivity contribution in [2.75, 3.05) is 0 Å². The van der Waals surface area contributed by atoms with Gasteiger partial charge in [0, 0.05) is 0 Å². The van der Waals surface area contributed by atoms with E-state index in [0.29, 0.717) is 17.4 Å². The van der Waals surface area contributed by atoms with Crippen molar-refractivity contribution in [2.45, 2.75) is 70.1 Å². The van der Waals surface area contributed by atoms with Gasteiger partial charge in [0.2, 0.25) is 0 Å². The minimum Gasteiger partial charge on any atom is -0.744 e. The summed E-state index contributed by atoms with van der Waals surface area (Å²) in [4.78, 5) is -0.00607. The van der Waals surface area contributed by atoms with E-state index in [-0.39, 0.29) is 34.5 Å². The molecule has 25 heavy (non-hydrogen) atoms. The van der Waals surface area contributed by atoms with E-state index in [9.17, 15) is 13.0 Å². The predicted octanol–water partition coefficient (Wildman–Crippen LogP) is 2.21. The summed E-state index contributed by atoms with van der Waals surface area (Å²) in [7, 11) is -4.49. The van der Waals surface area contributed by atoms with Crippen molar-refractivity contribution in [1.82, 2.24) is 0 Å². The van der Waals surface area contributed by atoms with Crippen molar-refractivity contribution in [2.24, 2.45) is 0 Å². The minimum atomic E-state index is -4.49. The van der Waals surface area contributed by atoms with Crippen molar-refractivity contribution in [3.63, 3.8) is 0 Å². The van der Waals surface area contributed by atoms with Crippen LogP contribution in [0, 0.1) is 0 Å². The van der Waals surface area contributed by atoms with Crippen LogP contribution in [0.2, 0.25) is 0 Å². The van der Waals surface area contributed by atoms with E-state index in [1.165, 1.54) is 0 Å². The van der Waals surface area contributed by atoms with E-state index < -0.39 is 10.1 Å². The van der Waals surface area contributed by atoms with E-state index in [1.54, 1.807) is 6.07 Å². The van der Waals surface area contributed by atoms with Crippen molar-refractivity contribution in [3.05, 3.63) is 41.5 Å². The van der Waals surface area contributed by atoms with Gasteiger partial charge < -0.3 is 4.55 Å². The second-order valence-corrected chi connectivity index (χ2v) is 7.79. The SMILES string of the molecule is CCCCCc1ccc2ccc(CCCCC)c(S(=O)(=O)[O-])c2c1.[Na+]. The molecule has 0 saturated heterocycles. The molecule has 2 rings (SSSR count). The summed E-state index contributed by atoms with van der Waals surface area (Å²) in [6, 6.07) is 9.61. The zero-order valence-corrected chi connectivity index (χ0v) is 18.5. The van der Waals surface area contributed by atoms with Gasteiger partial charge in [0.1, 0.15) is 10.1 Å². The minimum absolute atomic E-state index is 0. The van der Waals surface area contributed by atoms with Crippen molar-refractivity contribution in [3.8, 4) is 0 Å². The Hall–Kier alpha value is -0.390. The molecule has 0 aliphatic carbocycles. The smallest absolute Gasteiger partial charge is 0.744 e. The van der Waals surface area contributed by atoms with Gasteiger partial charge in [0.25, 0.3) is 0 Å². The number of aryl methyl sites for hydroxylation is 2. The van der Waals surface area contributed by atoms with Gasteiger partial charge in [-0.1, -0.05) is 63.8 Å². The third kappa shape index (κ3) is 6.37. The number of fused-ring (bicyclic) bond motifs is 1. The molecular formula is C20H27NaO3S. The van der Waals surface area contributed by atoms with E-state index in [1.807, 2.05) is 24.3 Å². The molecule has 132 valence electrons. The molecule has 0 saturated carbocycles. The van der Waals surface area contributed by atoms with Crippen LogP contribution in [0.3, 0.4) is 0 Å². The fourth-order valence-electron chi connectivity index (χ4n) is 3.18. The van der Waals surface area contributed by atoms with Crippen molar-refractivity contribution >= 4 is 20.9 Å². The first-order valence-corrected chi connectivity index (χ1v) is 10.4. The molecule has 2 aromatic carbocycles. The summed E-state index contributed by atoms with van der Waals surface area (Å²) in [6.07, 6.45) is 7.94. The van der Waals surface area contributed by atoms with Crippen molar-refractivity contribution in [1.29, 1.82) is 0 Å². The Labute approximate surface area is 174 Å².